The summed E-state index contributed by atoms with van der Waals surface area (Å²) in [6.07, 6.45) is 1.31. The molecule has 2 rings (SSSR count). The first kappa shape index (κ1) is 15.6. The molecule has 0 saturated carbocycles. The summed E-state index contributed by atoms with van der Waals surface area (Å²) in [6.45, 7) is 3.61. The molecule has 0 aromatic carbocycles. The summed E-state index contributed by atoms with van der Waals surface area (Å²) in [5.41, 5.74) is 0. The number of carbonyl (C=O) groups is 3. The number of carboxylic acids is 1. The van der Waals surface area contributed by atoms with Crippen molar-refractivity contribution < 1.29 is 24.2 Å². The fourth-order valence-corrected chi connectivity index (χ4v) is 3.13. The van der Waals surface area contributed by atoms with Crippen LogP contribution in [-0.2, 0) is 14.3 Å². The summed E-state index contributed by atoms with van der Waals surface area (Å²) >= 11 is 0. The van der Waals surface area contributed by atoms with Crippen molar-refractivity contribution >= 4 is 18.0 Å². The molecule has 0 aliphatic carbocycles. The highest BCUT2D eigenvalue weighted by atomic mass is 16.5. The molecule has 0 aromatic rings. The van der Waals surface area contributed by atoms with Gasteiger partial charge in [0, 0.05) is 26.2 Å². The number of piperidine rings is 1. The summed E-state index contributed by atoms with van der Waals surface area (Å²) in [6, 6.07) is -0.167. The summed E-state index contributed by atoms with van der Waals surface area (Å²) in [5.74, 6) is -1.87. The zero-order valence-electron chi connectivity index (χ0n) is 12.4. The minimum Gasteiger partial charge on any atom is -0.481 e. The maximum absolute atomic E-state index is 12.5. The average molecular weight is 298 g/mol. The molecule has 2 fully saturated rings. The van der Waals surface area contributed by atoms with Crippen LogP contribution in [-0.4, -0.2) is 66.2 Å². The second-order valence-electron chi connectivity index (χ2n) is 5.92. The van der Waals surface area contributed by atoms with E-state index < -0.39 is 11.9 Å². The smallest absolute Gasteiger partial charge is 0.320 e. The summed E-state index contributed by atoms with van der Waals surface area (Å²) in [5, 5.41) is 9.08. The molecule has 0 bridgehead atoms. The molecule has 7 nitrogen and oxygen atoms in total. The highest BCUT2D eigenvalue weighted by molar-refractivity contribution is 5.79. The molecule has 2 aliphatic rings. The van der Waals surface area contributed by atoms with Crippen LogP contribution in [0.25, 0.3) is 0 Å². The zero-order chi connectivity index (χ0) is 15.6. The van der Waals surface area contributed by atoms with Gasteiger partial charge in [-0.15, -0.1) is 0 Å². The van der Waals surface area contributed by atoms with Crippen LogP contribution in [0, 0.1) is 17.8 Å². The molecule has 2 aliphatic heterocycles. The predicted octanol–water partition coefficient (Wildman–Crippen LogP) is 0.644. The lowest BCUT2D eigenvalue weighted by Gasteiger charge is -2.33. The van der Waals surface area contributed by atoms with Gasteiger partial charge >= 0.3 is 18.0 Å². The lowest BCUT2D eigenvalue weighted by molar-refractivity contribution is -0.146. The number of likely N-dealkylation sites (tertiary alicyclic amines) is 2. The average Bonchev–Trinajstić information content (AvgIpc) is 2.87. The number of esters is 1. The van der Waals surface area contributed by atoms with Crippen molar-refractivity contribution in [3.63, 3.8) is 0 Å². The lowest BCUT2D eigenvalue weighted by Crippen LogP contribution is -2.48. The van der Waals surface area contributed by atoms with Crippen LogP contribution >= 0.6 is 0 Å². The molecule has 0 spiro atoms. The van der Waals surface area contributed by atoms with Gasteiger partial charge in [-0.05, 0) is 18.8 Å². The number of nitrogens with zero attached hydrogens (tertiary/aromatic N) is 2. The zero-order valence-corrected chi connectivity index (χ0v) is 12.4. The molecule has 3 atom stereocenters. The van der Waals surface area contributed by atoms with Gasteiger partial charge in [-0.1, -0.05) is 6.92 Å². The number of methoxy groups -OCH3 is 1. The van der Waals surface area contributed by atoms with Crippen molar-refractivity contribution in [3.8, 4) is 0 Å². The molecule has 2 heterocycles. The van der Waals surface area contributed by atoms with Crippen LogP contribution in [0.1, 0.15) is 19.8 Å². The van der Waals surface area contributed by atoms with E-state index in [1.807, 2.05) is 6.92 Å². The maximum Gasteiger partial charge on any atom is 0.320 e. The molecule has 2 amide bonds. The van der Waals surface area contributed by atoms with Crippen LogP contribution in [0.2, 0.25) is 0 Å². The monoisotopic (exact) mass is 298 g/mol. The van der Waals surface area contributed by atoms with E-state index in [1.165, 1.54) is 7.11 Å². The largest absolute Gasteiger partial charge is 0.481 e. The Balaban J connectivity index is 1.97. The Hall–Kier alpha value is -1.79. The first-order valence-electron chi connectivity index (χ1n) is 7.28. The minimum atomic E-state index is -0.852. The molecule has 0 aromatic heterocycles. The Bertz CT molecular complexity index is 439. The van der Waals surface area contributed by atoms with Crippen LogP contribution < -0.4 is 0 Å². The molecule has 7 heteroatoms. The summed E-state index contributed by atoms with van der Waals surface area (Å²) in [4.78, 5) is 38.4. The standard InChI is InChI=1S/C14H22N2O5/c1-9-6-16(8-11(9)13(19)21-2)14(20)15-5-3-4-10(7-15)12(17)18/h9-11H,3-8H2,1-2H3,(H,17,18)/t9?,10-,11?/m0/s1. The molecule has 1 N–H and O–H groups in total. The minimum absolute atomic E-state index is 0.0569. The number of carboxylic acid groups (broad SMARTS) is 1. The molecule has 2 unspecified atom stereocenters. The number of amides is 2. The molecule has 2 saturated heterocycles. The van der Waals surface area contributed by atoms with E-state index in [-0.39, 0.29) is 30.4 Å². The Morgan fingerprint density at radius 1 is 1.14 bits per heavy atom. The number of carbonyl (C=O) groups excluding carboxylic acids is 2. The topological polar surface area (TPSA) is 87.2 Å². The number of hydrogen-bond donors (Lipinski definition) is 1. The van der Waals surface area contributed by atoms with Crippen molar-refractivity contribution in [2.75, 3.05) is 33.3 Å². The predicted molar refractivity (Wildman–Crippen MR) is 73.6 cm³/mol. The van der Waals surface area contributed by atoms with Gasteiger partial charge in [0.05, 0.1) is 18.9 Å². The van der Waals surface area contributed by atoms with Crippen molar-refractivity contribution in [1.29, 1.82) is 0 Å². The van der Waals surface area contributed by atoms with E-state index in [0.717, 1.165) is 0 Å². The van der Waals surface area contributed by atoms with Crippen LogP contribution in [0.15, 0.2) is 0 Å². The third kappa shape index (κ3) is 3.28. The quantitative estimate of drug-likeness (QED) is 0.756. The van der Waals surface area contributed by atoms with E-state index in [4.69, 9.17) is 9.84 Å². The third-order valence-electron chi connectivity index (χ3n) is 4.43. The van der Waals surface area contributed by atoms with E-state index in [9.17, 15) is 14.4 Å². The summed E-state index contributed by atoms with van der Waals surface area (Å²) < 4.78 is 4.76. The highest BCUT2D eigenvalue weighted by Crippen LogP contribution is 2.26. The van der Waals surface area contributed by atoms with Gasteiger partial charge in [-0.3, -0.25) is 9.59 Å². The lowest BCUT2D eigenvalue weighted by atomic mass is 9.99. The van der Waals surface area contributed by atoms with Gasteiger partial charge in [0.15, 0.2) is 0 Å². The Morgan fingerprint density at radius 2 is 1.86 bits per heavy atom. The van der Waals surface area contributed by atoms with Crippen molar-refractivity contribution in [2.24, 2.45) is 17.8 Å². The second kappa shape index (κ2) is 6.32. The maximum atomic E-state index is 12.5. The SMILES string of the molecule is COC(=O)C1CN(C(=O)N2CCC[C@H](C(=O)O)C2)CC1C. The van der Waals surface area contributed by atoms with Gasteiger partial charge in [-0.2, -0.15) is 0 Å². The van der Waals surface area contributed by atoms with Gasteiger partial charge in [-0.25, -0.2) is 4.79 Å². The van der Waals surface area contributed by atoms with E-state index in [2.05, 4.69) is 0 Å². The van der Waals surface area contributed by atoms with Crippen molar-refractivity contribution in [2.45, 2.75) is 19.8 Å². The fraction of sp³-hybridized carbons (Fsp3) is 0.786. The molecule has 118 valence electrons. The van der Waals surface area contributed by atoms with E-state index >= 15 is 0 Å². The first-order chi connectivity index (χ1) is 9.93. The normalized spacial score (nSPS) is 29.3. The van der Waals surface area contributed by atoms with Gasteiger partial charge in [0.25, 0.3) is 0 Å². The molecular formula is C14H22N2O5. The third-order valence-corrected chi connectivity index (χ3v) is 4.43. The van der Waals surface area contributed by atoms with Crippen molar-refractivity contribution in [1.82, 2.24) is 9.80 Å². The second-order valence-corrected chi connectivity index (χ2v) is 5.92. The number of urea groups is 1. The van der Waals surface area contributed by atoms with E-state index in [1.54, 1.807) is 9.80 Å². The van der Waals surface area contributed by atoms with Crippen LogP contribution in [0.4, 0.5) is 4.79 Å². The Labute approximate surface area is 123 Å². The Kier molecular flexibility index (Phi) is 4.69. The molecule has 21 heavy (non-hydrogen) atoms. The molecular weight excluding hydrogens is 276 g/mol. The number of aliphatic carboxylic acids is 1. The van der Waals surface area contributed by atoms with Gasteiger partial charge in [0.2, 0.25) is 0 Å². The van der Waals surface area contributed by atoms with Gasteiger partial charge in [0.1, 0.15) is 0 Å². The number of hydrogen-bond acceptors (Lipinski definition) is 4. The fourth-order valence-electron chi connectivity index (χ4n) is 3.13. The van der Waals surface area contributed by atoms with Crippen molar-refractivity contribution in [3.05, 3.63) is 0 Å². The summed E-state index contributed by atoms with van der Waals surface area (Å²) in [7, 11) is 1.35. The molecule has 0 radical (unpaired) electrons. The highest BCUT2D eigenvalue weighted by Gasteiger charge is 2.40. The van der Waals surface area contributed by atoms with Crippen LogP contribution in [0.3, 0.4) is 0 Å². The Morgan fingerprint density at radius 3 is 2.48 bits per heavy atom. The number of ether oxygens (including phenoxy) is 1. The number of rotatable bonds is 2. The first-order valence-corrected chi connectivity index (χ1v) is 7.28. The van der Waals surface area contributed by atoms with E-state index in [0.29, 0.717) is 32.5 Å². The van der Waals surface area contributed by atoms with Crippen LogP contribution in [0.5, 0.6) is 0 Å². The van der Waals surface area contributed by atoms with Gasteiger partial charge < -0.3 is 19.6 Å².